The maximum atomic E-state index is 13.9. The molecule has 4 nitrogen and oxygen atoms in total. The average molecular weight is 469 g/mol. The van der Waals surface area contributed by atoms with Crippen LogP contribution in [0, 0.1) is 11.6 Å². The molecule has 2 rings (SSSR count). The number of amides is 2. The minimum Gasteiger partial charge on any atom is -0.477 e. The molecule has 11 heteroatoms. The van der Waals surface area contributed by atoms with Crippen LogP contribution in [0.2, 0.25) is 0 Å². The van der Waals surface area contributed by atoms with Crippen molar-refractivity contribution in [2.24, 2.45) is 4.99 Å². The van der Waals surface area contributed by atoms with Crippen LogP contribution in [0.4, 0.5) is 28.0 Å². The minimum atomic E-state index is -3.39. The number of nitrogens with one attached hydrogen (secondary N) is 1. The molecule has 0 aliphatic heterocycles. The van der Waals surface area contributed by atoms with Crippen molar-refractivity contribution in [1.82, 2.24) is 0 Å². The lowest BCUT2D eigenvalue weighted by Crippen LogP contribution is -2.19. The molecule has 0 unspecified atom stereocenters. The first kappa shape index (κ1) is 23.3. The highest BCUT2D eigenvalue weighted by atomic mass is 35.5. The Labute approximate surface area is 178 Å². The monoisotopic (exact) mass is 468 g/mol. The maximum absolute atomic E-state index is 13.9. The third-order valence-electron chi connectivity index (χ3n) is 3.27. The first-order valence-electron chi connectivity index (χ1n) is 8.06. The van der Waals surface area contributed by atoms with Crippen molar-refractivity contribution in [3.63, 3.8) is 0 Å². The molecule has 0 saturated heterocycles. The van der Waals surface area contributed by atoms with Gasteiger partial charge in [0.15, 0.2) is 4.84 Å². The number of carbonyl (C=O) groups excluding carboxylic acids is 1. The molecule has 29 heavy (non-hydrogen) atoms. The summed E-state index contributed by atoms with van der Waals surface area (Å²) in [7, 11) is 0. The normalized spacial score (nSPS) is 12.2. The fourth-order valence-corrected chi connectivity index (χ4v) is 2.99. The Morgan fingerprint density at radius 3 is 2.28 bits per heavy atom. The van der Waals surface area contributed by atoms with Gasteiger partial charge < -0.3 is 10.1 Å². The van der Waals surface area contributed by atoms with Gasteiger partial charge in [0.25, 0.3) is 0 Å². The third-order valence-corrected chi connectivity index (χ3v) is 5.10. The molecule has 2 aromatic rings. The molecule has 1 N–H and O–H groups in total. The zero-order valence-corrected chi connectivity index (χ0v) is 17.1. The van der Waals surface area contributed by atoms with Gasteiger partial charge in [-0.25, -0.2) is 13.6 Å². The van der Waals surface area contributed by atoms with Crippen molar-refractivity contribution in [1.29, 1.82) is 0 Å². The van der Waals surface area contributed by atoms with E-state index < -0.39 is 39.2 Å². The standard InChI is InChI=1S/C18H14Cl2F4N2O2S/c1-2-28-15(14-12(21)4-3-5-13(14)22)26-17(27)25-10-6-8-11(9-7-10)29-18(23,24)16(19)20/h3-9,16H,2H2,1H3,(H,25,27)/b26-15-. The van der Waals surface area contributed by atoms with E-state index in [0.717, 1.165) is 18.2 Å². The predicted octanol–water partition coefficient (Wildman–Crippen LogP) is 6.47. The van der Waals surface area contributed by atoms with E-state index in [1.54, 1.807) is 6.92 Å². The molecule has 2 aromatic carbocycles. The topological polar surface area (TPSA) is 50.7 Å². The van der Waals surface area contributed by atoms with E-state index in [-0.39, 0.29) is 29.0 Å². The van der Waals surface area contributed by atoms with E-state index >= 15 is 0 Å². The van der Waals surface area contributed by atoms with Gasteiger partial charge in [-0.3, -0.25) is 0 Å². The van der Waals surface area contributed by atoms with Gasteiger partial charge in [-0.15, -0.1) is 0 Å². The quantitative estimate of drug-likeness (QED) is 0.174. The van der Waals surface area contributed by atoms with E-state index in [1.807, 2.05) is 0 Å². The van der Waals surface area contributed by atoms with Gasteiger partial charge >= 0.3 is 11.3 Å². The summed E-state index contributed by atoms with van der Waals surface area (Å²) < 4.78 is 60.0. The number of aliphatic imine (C=N–C) groups is 1. The molecular weight excluding hydrogens is 455 g/mol. The highest BCUT2D eigenvalue weighted by Gasteiger charge is 2.38. The number of benzene rings is 2. The van der Waals surface area contributed by atoms with Crippen molar-refractivity contribution >= 4 is 52.6 Å². The molecule has 156 valence electrons. The zero-order chi connectivity index (χ0) is 21.6. The van der Waals surface area contributed by atoms with Crippen LogP contribution in [0.3, 0.4) is 0 Å². The number of alkyl halides is 4. The number of rotatable bonds is 6. The van der Waals surface area contributed by atoms with Crippen molar-refractivity contribution in [2.45, 2.75) is 21.9 Å². The van der Waals surface area contributed by atoms with Gasteiger partial charge in [-0.2, -0.15) is 13.8 Å². The maximum Gasteiger partial charge on any atom is 0.348 e. The highest BCUT2D eigenvalue weighted by Crippen LogP contribution is 2.42. The van der Waals surface area contributed by atoms with Crippen LogP contribution in [0.15, 0.2) is 52.4 Å². The Morgan fingerprint density at radius 2 is 1.76 bits per heavy atom. The smallest absolute Gasteiger partial charge is 0.348 e. The summed E-state index contributed by atoms with van der Waals surface area (Å²) >= 11 is 10.6. The number of anilines is 1. The minimum absolute atomic E-state index is 0.0160. The Hall–Kier alpha value is -1.97. The number of thioether (sulfide) groups is 1. The van der Waals surface area contributed by atoms with Crippen molar-refractivity contribution < 1.29 is 27.1 Å². The first-order valence-corrected chi connectivity index (χ1v) is 9.75. The molecule has 0 saturated carbocycles. The summed E-state index contributed by atoms with van der Waals surface area (Å²) in [6, 6.07) is 7.51. The van der Waals surface area contributed by atoms with E-state index in [9.17, 15) is 22.4 Å². The van der Waals surface area contributed by atoms with Gasteiger partial charge in [-0.1, -0.05) is 29.3 Å². The fourth-order valence-electron chi connectivity index (χ4n) is 2.05. The van der Waals surface area contributed by atoms with Gasteiger partial charge in [0.2, 0.25) is 5.90 Å². The second-order valence-corrected chi connectivity index (χ2v) is 7.68. The molecule has 0 atom stereocenters. The number of urea groups is 1. The van der Waals surface area contributed by atoms with Crippen molar-refractivity contribution in [2.75, 3.05) is 11.9 Å². The van der Waals surface area contributed by atoms with Crippen LogP contribution in [-0.2, 0) is 4.74 Å². The van der Waals surface area contributed by atoms with Crippen LogP contribution in [0.25, 0.3) is 0 Å². The van der Waals surface area contributed by atoms with Crippen LogP contribution < -0.4 is 5.32 Å². The molecule has 0 fully saturated rings. The Morgan fingerprint density at radius 1 is 1.17 bits per heavy atom. The van der Waals surface area contributed by atoms with Crippen molar-refractivity contribution in [3.8, 4) is 0 Å². The summed E-state index contributed by atoms with van der Waals surface area (Å²) in [5.41, 5.74) is -0.361. The molecule has 0 aromatic heterocycles. The van der Waals surface area contributed by atoms with Crippen LogP contribution in [-0.4, -0.2) is 28.6 Å². The molecular formula is C18H14Cl2F4N2O2S. The van der Waals surface area contributed by atoms with Gasteiger partial charge in [0, 0.05) is 10.6 Å². The summed E-state index contributed by atoms with van der Waals surface area (Å²) in [6.45, 7) is 1.58. The molecule has 0 radical (unpaired) electrons. The largest absolute Gasteiger partial charge is 0.477 e. The van der Waals surface area contributed by atoms with Crippen LogP contribution >= 0.6 is 35.0 Å². The molecule has 0 spiro atoms. The number of ether oxygens (including phenoxy) is 1. The Bertz CT molecular complexity index is 876. The number of nitrogens with zero attached hydrogens (tertiary/aromatic N) is 1. The lowest BCUT2D eigenvalue weighted by Gasteiger charge is -2.16. The molecule has 0 aliphatic rings. The molecule has 0 heterocycles. The highest BCUT2D eigenvalue weighted by molar-refractivity contribution is 8.00. The number of hydrogen-bond donors (Lipinski definition) is 1. The van der Waals surface area contributed by atoms with E-state index in [0.29, 0.717) is 0 Å². The number of halogens is 6. The second-order valence-electron chi connectivity index (χ2n) is 5.37. The summed E-state index contributed by atoms with van der Waals surface area (Å²) in [6.07, 6.45) is 0. The first-order chi connectivity index (χ1) is 13.6. The van der Waals surface area contributed by atoms with Gasteiger partial charge in [-0.05, 0) is 55.1 Å². The summed E-state index contributed by atoms with van der Waals surface area (Å²) in [4.78, 5) is 13.9. The van der Waals surface area contributed by atoms with Gasteiger partial charge in [0.1, 0.15) is 17.2 Å². The summed E-state index contributed by atoms with van der Waals surface area (Å²) in [5, 5.41) is -1.04. The second kappa shape index (κ2) is 10.2. The van der Waals surface area contributed by atoms with E-state index in [2.05, 4.69) is 10.3 Å². The lowest BCUT2D eigenvalue weighted by atomic mass is 10.2. The predicted molar refractivity (Wildman–Crippen MR) is 106 cm³/mol. The molecule has 0 bridgehead atoms. The average Bonchev–Trinajstić information content (AvgIpc) is 2.63. The third kappa shape index (κ3) is 6.52. The Kier molecular flexibility index (Phi) is 8.18. The van der Waals surface area contributed by atoms with Gasteiger partial charge in [0.05, 0.1) is 6.61 Å². The number of carbonyl (C=O) groups is 1. The lowest BCUT2D eigenvalue weighted by molar-refractivity contribution is 0.122. The van der Waals surface area contributed by atoms with E-state index in [4.69, 9.17) is 27.9 Å². The molecule has 0 aliphatic carbocycles. The Balaban J connectivity index is 2.16. The summed E-state index contributed by atoms with van der Waals surface area (Å²) in [5.74, 6) is -2.41. The number of hydrogen-bond acceptors (Lipinski definition) is 3. The van der Waals surface area contributed by atoms with Crippen molar-refractivity contribution in [3.05, 3.63) is 59.7 Å². The van der Waals surface area contributed by atoms with E-state index in [1.165, 1.54) is 24.3 Å². The van der Waals surface area contributed by atoms with Crippen LogP contribution in [0.1, 0.15) is 12.5 Å². The molecule has 2 amide bonds. The SMILES string of the molecule is CCO/C(=N\C(=O)Nc1ccc(SC(F)(F)C(Cl)Cl)cc1)c1c(F)cccc1F. The van der Waals surface area contributed by atoms with Crippen LogP contribution in [0.5, 0.6) is 0 Å². The fraction of sp³-hybridized carbons (Fsp3) is 0.222. The zero-order valence-electron chi connectivity index (χ0n) is 14.8.